The van der Waals surface area contributed by atoms with Crippen LogP contribution in [-0.4, -0.2) is 28.8 Å². The fraction of sp³-hybridized carbons (Fsp3) is 0.200. The number of hydrogen-bond donors (Lipinski definition) is 0. The smallest absolute Gasteiger partial charge is 0.266 e. The van der Waals surface area contributed by atoms with E-state index >= 15 is 0 Å². The first-order valence-electron chi connectivity index (χ1n) is 8.43. The van der Waals surface area contributed by atoms with Crippen LogP contribution in [0.1, 0.15) is 18.1 Å². The molecule has 0 bridgehead atoms. The van der Waals surface area contributed by atoms with Gasteiger partial charge in [-0.1, -0.05) is 59.3 Å². The van der Waals surface area contributed by atoms with Gasteiger partial charge in [-0.15, -0.1) is 0 Å². The van der Waals surface area contributed by atoms with Crippen molar-refractivity contribution in [1.29, 1.82) is 0 Å². The van der Waals surface area contributed by atoms with Gasteiger partial charge in [0, 0.05) is 22.2 Å². The predicted molar refractivity (Wildman–Crippen MR) is 119 cm³/mol. The summed E-state index contributed by atoms with van der Waals surface area (Å²) >= 11 is 18.7. The molecule has 4 nitrogen and oxygen atoms in total. The molecule has 1 heterocycles. The number of benzene rings is 2. The Morgan fingerprint density at radius 1 is 1.18 bits per heavy atom. The van der Waals surface area contributed by atoms with E-state index in [9.17, 15) is 4.79 Å². The fourth-order valence-corrected chi connectivity index (χ4v) is 4.46. The van der Waals surface area contributed by atoms with Crippen molar-refractivity contribution in [2.45, 2.75) is 13.5 Å². The van der Waals surface area contributed by atoms with Crippen molar-refractivity contribution in [3.63, 3.8) is 0 Å². The van der Waals surface area contributed by atoms with E-state index in [1.54, 1.807) is 36.3 Å². The second-order valence-electron chi connectivity index (χ2n) is 5.86. The lowest BCUT2D eigenvalue weighted by Crippen LogP contribution is -2.27. The largest absolute Gasteiger partial charge is 0.493 e. The average molecular weight is 454 g/mol. The van der Waals surface area contributed by atoms with Crippen molar-refractivity contribution in [2.75, 3.05) is 13.7 Å². The third-order valence-corrected chi connectivity index (χ3v) is 6.04. The highest BCUT2D eigenvalue weighted by Crippen LogP contribution is 2.35. The highest BCUT2D eigenvalue weighted by molar-refractivity contribution is 8.26. The van der Waals surface area contributed by atoms with E-state index in [4.69, 9.17) is 44.9 Å². The third kappa shape index (κ3) is 4.63. The molecule has 1 amide bonds. The summed E-state index contributed by atoms with van der Waals surface area (Å²) in [5, 5.41) is 1.10. The summed E-state index contributed by atoms with van der Waals surface area (Å²) in [5.74, 6) is 1.06. The minimum absolute atomic E-state index is 0.0799. The number of thiocarbonyl (C=S) groups is 1. The molecule has 1 aliphatic rings. The van der Waals surface area contributed by atoms with Crippen molar-refractivity contribution in [3.05, 3.63) is 62.5 Å². The number of methoxy groups -OCH3 is 1. The lowest BCUT2D eigenvalue weighted by Gasteiger charge is -2.12. The summed E-state index contributed by atoms with van der Waals surface area (Å²) in [4.78, 5) is 14.6. The number of likely N-dealkylation sites (N-methyl/N-ethyl adjacent to an activating group) is 1. The molecule has 28 heavy (non-hydrogen) atoms. The van der Waals surface area contributed by atoms with Gasteiger partial charge in [-0.3, -0.25) is 9.69 Å². The first-order chi connectivity index (χ1) is 13.4. The van der Waals surface area contributed by atoms with Crippen molar-refractivity contribution < 1.29 is 14.3 Å². The van der Waals surface area contributed by atoms with Crippen LogP contribution in [0.15, 0.2) is 41.3 Å². The number of carbonyl (C=O) groups is 1. The van der Waals surface area contributed by atoms with Gasteiger partial charge in [-0.05, 0) is 42.8 Å². The summed E-state index contributed by atoms with van der Waals surface area (Å²) in [6.45, 7) is 2.71. The molecule has 0 unspecified atom stereocenters. The number of hydrogen-bond acceptors (Lipinski definition) is 5. The molecule has 2 aromatic rings. The number of nitrogens with zero attached hydrogens (tertiary/aromatic N) is 1. The first kappa shape index (κ1) is 21.0. The fourth-order valence-electron chi connectivity index (χ4n) is 2.61. The minimum atomic E-state index is -0.0799. The molecule has 0 spiro atoms. The van der Waals surface area contributed by atoms with Crippen LogP contribution in [0.3, 0.4) is 0 Å². The van der Waals surface area contributed by atoms with E-state index in [2.05, 4.69) is 0 Å². The van der Waals surface area contributed by atoms with Gasteiger partial charge in [-0.2, -0.15) is 0 Å². The van der Waals surface area contributed by atoms with Crippen molar-refractivity contribution in [1.82, 2.24) is 4.90 Å². The van der Waals surface area contributed by atoms with Crippen LogP contribution in [0.5, 0.6) is 11.5 Å². The Morgan fingerprint density at radius 3 is 2.61 bits per heavy atom. The molecule has 0 N–H and O–H groups in total. The SMILES string of the molecule is CCN1C(=O)/C(=C\c2ccc(OC)c(OCc3ccc(Cl)cc3Cl)c2)SC1=S. The molecule has 0 aliphatic carbocycles. The Kier molecular flexibility index (Phi) is 6.88. The zero-order valence-electron chi connectivity index (χ0n) is 15.2. The van der Waals surface area contributed by atoms with Crippen LogP contribution < -0.4 is 9.47 Å². The maximum Gasteiger partial charge on any atom is 0.266 e. The molecular weight excluding hydrogens is 437 g/mol. The Labute approximate surface area is 183 Å². The molecule has 8 heteroatoms. The van der Waals surface area contributed by atoms with Crippen LogP contribution in [0.4, 0.5) is 0 Å². The average Bonchev–Trinajstić information content (AvgIpc) is 2.93. The molecule has 2 aromatic carbocycles. The summed E-state index contributed by atoms with van der Waals surface area (Å²) in [6, 6.07) is 10.7. The summed E-state index contributed by atoms with van der Waals surface area (Å²) < 4.78 is 11.9. The zero-order valence-corrected chi connectivity index (χ0v) is 18.3. The topological polar surface area (TPSA) is 38.8 Å². The van der Waals surface area contributed by atoms with E-state index in [1.807, 2.05) is 25.1 Å². The van der Waals surface area contributed by atoms with Crippen molar-refractivity contribution in [2.24, 2.45) is 0 Å². The lowest BCUT2D eigenvalue weighted by atomic mass is 10.1. The van der Waals surface area contributed by atoms with Gasteiger partial charge in [0.2, 0.25) is 0 Å². The van der Waals surface area contributed by atoms with Gasteiger partial charge in [0.25, 0.3) is 5.91 Å². The standard InChI is InChI=1S/C20H17Cl2NO3S2/c1-3-23-19(24)18(28-20(23)27)9-12-4-7-16(25-2)17(8-12)26-11-13-5-6-14(21)10-15(13)22/h4-10H,3,11H2,1-2H3/b18-9+. The van der Waals surface area contributed by atoms with Gasteiger partial charge in [-0.25, -0.2) is 0 Å². The molecule has 146 valence electrons. The van der Waals surface area contributed by atoms with Gasteiger partial charge in [0.05, 0.1) is 12.0 Å². The van der Waals surface area contributed by atoms with Crippen LogP contribution >= 0.6 is 47.2 Å². The molecule has 1 saturated heterocycles. The quantitative estimate of drug-likeness (QED) is 0.407. The van der Waals surface area contributed by atoms with Crippen LogP contribution in [0, 0.1) is 0 Å². The highest BCUT2D eigenvalue weighted by Gasteiger charge is 2.30. The predicted octanol–water partition coefficient (Wildman–Crippen LogP) is 5.80. The van der Waals surface area contributed by atoms with E-state index in [-0.39, 0.29) is 12.5 Å². The first-order valence-corrected chi connectivity index (χ1v) is 10.4. The van der Waals surface area contributed by atoms with Crippen molar-refractivity contribution >= 4 is 63.5 Å². The van der Waals surface area contributed by atoms with Crippen LogP contribution in [0.25, 0.3) is 6.08 Å². The lowest BCUT2D eigenvalue weighted by molar-refractivity contribution is -0.121. The Hall–Kier alpha value is -1.73. The Bertz CT molecular complexity index is 962. The molecule has 0 aromatic heterocycles. The highest BCUT2D eigenvalue weighted by atomic mass is 35.5. The number of halogens is 2. The van der Waals surface area contributed by atoms with Gasteiger partial charge in [0.15, 0.2) is 11.5 Å². The number of carbonyl (C=O) groups excluding carboxylic acids is 1. The van der Waals surface area contributed by atoms with Gasteiger partial charge in [0.1, 0.15) is 10.9 Å². The Morgan fingerprint density at radius 2 is 1.96 bits per heavy atom. The second-order valence-corrected chi connectivity index (χ2v) is 8.38. The van der Waals surface area contributed by atoms with Gasteiger partial charge < -0.3 is 9.47 Å². The molecule has 0 radical (unpaired) electrons. The molecule has 0 atom stereocenters. The number of rotatable bonds is 6. The molecule has 0 saturated carbocycles. The van der Waals surface area contributed by atoms with E-state index in [0.717, 1.165) is 11.1 Å². The van der Waals surface area contributed by atoms with E-state index in [1.165, 1.54) is 11.8 Å². The van der Waals surface area contributed by atoms with E-state index in [0.29, 0.717) is 37.3 Å². The number of ether oxygens (including phenoxy) is 2. The summed E-state index contributed by atoms with van der Waals surface area (Å²) in [7, 11) is 1.57. The molecule has 1 aliphatic heterocycles. The third-order valence-electron chi connectivity index (χ3n) is 4.07. The molecular formula is C20H17Cl2NO3S2. The second kappa shape index (κ2) is 9.18. The monoisotopic (exact) mass is 453 g/mol. The van der Waals surface area contributed by atoms with Crippen LogP contribution in [-0.2, 0) is 11.4 Å². The van der Waals surface area contributed by atoms with E-state index < -0.39 is 0 Å². The van der Waals surface area contributed by atoms with Crippen LogP contribution in [0.2, 0.25) is 10.0 Å². The molecule has 1 fully saturated rings. The molecule has 3 rings (SSSR count). The number of amides is 1. The summed E-state index contributed by atoms with van der Waals surface area (Å²) in [5.41, 5.74) is 1.62. The van der Waals surface area contributed by atoms with Gasteiger partial charge >= 0.3 is 0 Å². The normalized spacial score (nSPS) is 15.4. The summed E-state index contributed by atoms with van der Waals surface area (Å²) in [6.07, 6.45) is 1.80. The number of thioether (sulfide) groups is 1. The maximum absolute atomic E-state index is 12.4. The maximum atomic E-state index is 12.4. The van der Waals surface area contributed by atoms with Crippen molar-refractivity contribution in [3.8, 4) is 11.5 Å². The Balaban J connectivity index is 1.83. The minimum Gasteiger partial charge on any atom is -0.493 e. The zero-order chi connectivity index (χ0) is 20.3.